The lowest BCUT2D eigenvalue weighted by Crippen LogP contribution is -3.14. The number of nitrogens with two attached hydrogens (primary N) is 1. The second-order valence-corrected chi connectivity index (χ2v) is 11.4. The molecule has 0 radical (unpaired) electrons. The van der Waals surface area contributed by atoms with Gasteiger partial charge in [-0.3, -0.25) is 0 Å². The van der Waals surface area contributed by atoms with Crippen molar-refractivity contribution in [2.24, 2.45) is 40.9 Å². The van der Waals surface area contributed by atoms with Crippen LogP contribution in [0.5, 0.6) is 0 Å². The van der Waals surface area contributed by atoms with Crippen LogP contribution in [0.4, 0.5) is 5.82 Å². The van der Waals surface area contributed by atoms with Gasteiger partial charge in [0, 0.05) is 11.1 Å². The first-order valence-electron chi connectivity index (χ1n) is 10.4. The molecule has 6 aliphatic carbocycles. The molecule has 6 saturated carbocycles. The van der Waals surface area contributed by atoms with Crippen molar-refractivity contribution >= 4 is 21.5 Å². The van der Waals surface area contributed by atoms with Gasteiger partial charge in [-0.15, -0.1) is 0 Å². The largest absolute Gasteiger partial charge is 0.381 e. The molecule has 0 spiro atoms. The Labute approximate surface area is 177 Å². The van der Waals surface area contributed by atoms with Crippen LogP contribution in [0.15, 0.2) is 35.6 Å². The SMILES string of the molecule is Cc1ccc(S(=O)(=O)NC23C4C5C2C2C3C4C52C#N)cc1-c1cnc2c(N)ncnn12. The number of aryl methyl sites for hydroxylation is 1. The lowest BCUT2D eigenvalue weighted by atomic mass is 8.94. The maximum atomic E-state index is 13.4. The average molecular weight is 431 g/mol. The van der Waals surface area contributed by atoms with Gasteiger partial charge in [-0.2, -0.15) is 10.4 Å². The number of nitrogens with one attached hydrogen (secondary N) is 1. The topological polar surface area (TPSA) is 139 Å². The van der Waals surface area contributed by atoms with E-state index in [0.29, 0.717) is 46.8 Å². The Hall–Kier alpha value is -3.03. The normalized spacial score (nSPS) is 41.8. The zero-order chi connectivity index (χ0) is 21.1. The molecule has 3 aromatic rings. The molecule has 10 heteroatoms. The van der Waals surface area contributed by atoms with Crippen molar-refractivity contribution in [3.63, 3.8) is 0 Å². The molecule has 9 rings (SSSR count). The summed E-state index contributed by atoms with van der Waals surface area (Å²) in [5.74, 6) is 2.65. The maximum absolute atomic E-state index is 13.4. The highest BCUT2D eigenvalue weighted by molar-refractivity contribution is 7.89. The molecule has 9 nitrogen and oxygen atoms in total. The summed E-state index contributed by atoms with van der Waals surface area (Å²) in [5, 5.41) is 13.8. The standard InChI is InChI=1S/C21H17N7O2S/c1-8-2-3-9(4-10(8)11-5-24-19-18(23)25-7-26-28(11)19)31(29,30)27-21-15-12-16(21)14-17(21)13(15)20(12,14)6-22/h2-5,7,12-17,27H,1H3,(H2,23,25,26). The van der Waals surface area contributed by atoms with Crippen LogP contribution in [-0.4, -0.2) is 33.5 Å². The Morgan fingerprint density at radius 2 is 1.87 bits per heavy atom. The van der Waals surface area contributed by atoms with Gasteiger partial charge in [0.2, 0.25) is 10.0 Å². The highest BCUT2D eigenvalue weighted by Crippen LogP contribution is 3.06. The van der Waals surface area contributed by atoms with Gasteiger partial charge in [-0.05, 0) is 60.1 Å². The van der Waals surface area contributed by atoms with Crippen LogP contribution in [0.3, 0.4) is 0 Å². The minimum absolute atomic E-state index is 0.0863. The van der Waals surface area contributed by atoms with E-state index in [-0.39, 0.29) is 21.7 Å². The third-order valence-electron chi connectivity index (χ3n) is 9.26. The van der Waals surface area contributed by atoms with Crippen LogP contribution in [0.2, 0.25) is 0 Å². The number of benzene rings is 1. The summed E-state index contributed by atoms with van der Waals surface area (Å²) in [6.45, 7) is 1.92. The number of rotatable bonds is 4. The average Bonchev–Trinajstić information content (AvgIpc) is 3.19. The first kappa shape index (κ1) is 16.6. The number of aromatic nitrogens is 4. The Morgan fingerprint density at radius 3 is 2.55 bits per heavy atom. The van der Waals surface area contributed by atoms with Gasteiger partial charge < -0.3 is 5.73 Å². The van der Waals surface area contributed by atoms with Crippen LogP contribution in [0, 0.1) is 59.2 Å². The number of sulfonamides is 1. The van der Waals surface area contributed by atoms with Gasteiger partial charge in [0.15, 0.2) is 11.5 Å². The van der Waals surface area contributed by atoms with Gasteiger partial charge in [-0.25, -0.2) is 27.6 Å². The molecular weight excluding hydrogens is 414 g/mol. The third kappa shape index (κ3) is 1.34. The molecule has 2 aromatic heterocycles. The molecule has 1 aromatic carbocycles. The Morgan fingerprint density at radius 1 is 1.16 bits per heavy atom. The van der Waals surface area contributed by atoms with Crippen molar-refractivity contribution in [2.45, 2.75) is 17.4 Å². The monoisotopic (exact) mass is 431 g/mol. The molecule has 6 fully saturated rings. The number of hydrogen-bond donors (Lipinski definition) is 2. The molecular formula is C21H17N7O2S. The van der Waals surface area contributed by atoms with Crippen molar-refractivity contribution in [3.8, 4) is 17.3 Å². The van der Waals surface area contributed by atoms with Gasteiger partial charge >= 0.3 is 0 Å². The predicted octanol–water partition coefficient (Wildman–Crippen LogP) is 0.974. The fourth-order valence-corrected chi connectivity index (χ4v) is 9.82. The summed E-state index contributed by atoms with van der Waals surface area (Å²) in [7, 11) is -3.69. The van der Waals surface area contributed by atoms with E-state index in [1.165, 1.54) is 6.33 Å². The summed E-state index contributed by atoms with van der Waals surface area (Å²) in [6, 6.07) is 7.67. The van der Waals surface area contributed by atoms with Crippen molar-refractivity contribution in [1.82, 2.24) is 24.3 Å². The van der Waals surface area contributed by atoms with E-state index in [9.17, 15) is 13.7 Å². The Balaban J connectivity index is 1.17. The number of nitrogens with zero attached hydrogens (tertiary/aromatic N) is 5. The quantitative estimate of drug-likeness (QED) is 0.627. The predicted molar refractivity (Wildman–Crippen MR) is 107 cm³/mol. The van der Waals surface area contributed by atoms with Gasteiger partial charge in [0.1, 0.15) is 6.33 Å². The van der Waals surface area contributed by atoms with Crippen LogP contribution in [-0.2, 0) is 10.0 Å². The molecule has 0 saturated heterocycles. The molecule has 0 bridgehead atoms. The molecule has 0 atom stereocenters. The second kappa shape index (κ2) is 4.45. The van der Waals surface area contributed by atoms with E-state index in [2.05, 4.69) is 25.9 Å². The third-order valence-corrected chi connectivity index (χ3v) is 10.8. The molecule has 31 heavy (non-hydrogen) atoms. The first-order valence-corrected chi connectivity index (χ1v) is 11.9. The molecule has 0 aliphatic heterocycles. The van der Waals surface area contributed by atoms with E-state index < -0.39 is 10.0 Å². The molecule has 154 valence electrons. The Kier molecular flexibility index (Phi) is 2.39. The number of fused-ring (bicyclic) bond motifs is 1. The lowest BCUT2D eigenvalue weighted by molar-refractivity contribution is -0.606. The van der Waals surface area contributed by atoms with Crippen molar-refractivity contribution in [2.75, 3.05) is 5.73 Å². The number of nitriles is 1. The van der Waals surface area contributed by atoms with Crippen molar-refractivity contribution < 1.29 is 8.42 Å². The van der Waals surface area contributed by atoms with E-state index in [4.69, 9.17) is 5.73 Å². The van der Waals surface area contributed by atoms with Crippen LogP contribution >= 0.6 is 0 Å². The summed E-state index contributed by atoms with van der Waals surface area (Å²) >= 11 is 0. The van der Waals surface area contributed by atoms with Crippen LogP contribution in [0.1, 0.15) is 5.56 Å². The second-order valence-electron chi connectivity index (χ2n) is 9.74. The highest BCUT2D eigenvalue weighted by Gasteiger charge is 3.11. The molecule has 6 aliphatic rings. The number of anilines is 1. The summed E-state index contributed by atoms with van der Waals surface area (Å²) in [5.41, 5.74) is 8.24. The molecule has 0 amide bonds. The summed E-state index contributed by atoms with van der Waals surface area (Å²) in [6.07, 6.45) is 2.98. The van der Waals surface area contributed by atoms with E-state index in [0.717, 1.165) is 11.1 Å². The van der Waals surface area contributed by atoms with Gasteiger partial charge in [0.05, 0.1) is 28.3 Å². The maximum Gasteiger partial charge on any atom is 0.241 e. The minimum atomic E-state index is -3.69. The summed E-state index contributed by atoms with van der Waals surface area (Å²) in [4.78, 5) is 8.48. The molecule has 0 unspecified atom stereocenters. The van der Waals surface area contributed by atoms with E-state index in [1.807, 2.05) is 6.92 Å². The Bertz CT molecular complexity index is 1480. The van der Waals surface area contributed by atoms with E-state index in [1.54, 1.807) is 28.9 Å². The van der Waals surface area contributed by atoms with Crippen LogP contribution in [0.25, 0.3) is 16.9 Å². The number of imidazole rings is 1. The van der Waals surface area contributed by atoms with E-state index >= 15 is 0 Å². The number of nitrogen functional groups attached to an aromatic ring is 1. The fourth-order valence-electron chi connectivity index (χ4n) is 8.31. The lowest BCUT2D eigenvalue weighted by Gasteiger charge is -3.09. The molecule has 3 N–H and O–H groups in total. The smallest absolute Gasteiger partial charge is 0.241 e. The van der Waals surface area contributed by atoms with Gasteiger partial charge in [0.25, 0.3) is 0 Å². The van der Waals surface area contributed by atoms with Crippen LogP contribution < -0.4 is 10.5 Å². The minimum Gasteiger partial charge on any atom is -0.381 e. The highest BCUT2D eigenvalue weighted by atomic mass is 32.2. The van der Waals surface area contributed by atoms with Gasteiger partial charge in [-0.1, -0.05) is 6.07 Å². The fraction of sp³-hybridized carbons (Fsp3) is 0.429. The zero-order valence-corrected chi connectivity index (χ0v) is 17.2. The zero-order valence-electron chi connectivity index (χ0n) is 16.4. The van der Waals surface area contributed by atoms with Crippen molar-refractivity contribution in [1.29, 1.82) is 5.26 Å². The van der Waals surface area contributed by atoms with Crippen molar-refractivity contribution in [3.05, 3.63) is 36.3 Å². The first-order chi connectivity index (χ1) is 14.9. The number of hydrogen-bond acceptors (Lipinski definition) is 7. The summed E-state index contributed by atoms with van der Waals surface area (Å²) < 4.78 is 31.4. The molecule has 2 heterocycles.